The summed E-state index contributed by atoms with van der Waals surface area (Å²) in [6.45, 7) is 4.12. The second-order valence-electron chi connectivity index (χ2n) is 16.5. The number of imide groups is 1. The molecule has 3 saturated heterocycles. The minimum absolute atomic E-state index is 0.0145. The van der Waals surface area contributed by atoms with Gasteiger partial charge < -0.3 is 20.4 Å². The number of halogens is 1. The van der Waals surface area contributed by atoms with Gasteiger partial charge in [0.25, 0.3) is 11.8 Å². The number of nitrogens with one attached hydrogen (secondary N) is 3. The van der Waals surface area contributed by atoms with E-state index in [2.05, 4.69) is 42.7 Å². The summed E-state index contributed by atoms with van der Waals surface area (Å²) in [7, 11) is 4.85. The minimum atomic E-state index is -0.762. The van der Waals surface area contributed by atoms with E-state index in [1.165, 1.54) is 22.4 Å². The van der Waals surface area contributed by atoms with Gasteiger partial charge in [-0.15, -0.1) is 0 Å². The zero-order valence-electron chi connectivity index (χ0n) is 36.2. The second-order valence-corrected chi connectivity index (χ2v) is 16.5. The third kappa shape index (κ3) is 8.01. The number of carbonyl (C=O) groups is 5. The van der Waals surface area contributed by atoms with E-state index in [9.17, 15) is 28.8 Å². The lowest BCUT2D eigenvalue weighted by atomic mass is 9.96. The van der Waals surface area contributed by atoms with Crippen LogP contribution in [0.15, 0.2) is 77.6 Å². The zero-order chi connectivity index (χ0) is 45.5. The molecule has 1 unspecified atom stereocenters. The number of nitrogens with zero attached hydrogens (tertiary/aromatic N) is 7. The number of aryl methyl sites for hydroxylation is 2. The van der Waals surface area contributed by atoms with E-state index >= 15 is 4.39 Å². The molecule has 17 heteroatoms. The molecule has 0 aliphatic carbocycles. The van der Waals surface area contributed by atoms with Crippen LogP contribution in [0.2, 0.25) is 0 Å². The first-order valence-corrected chi connectivity index (χ1v) is 21.6. The van der Waals surface area contributed by atoms with E-state index < -0.39 is 23.7 Å². The van der Waals surface area contributed by atoms with Gasteiger partial charge in [-0.2, -0.15) is 5.10 Å². The first-order valence-electron chi connectivity index (χ1n) is 21.6. The van der Waals surface area contributed by atoms with Crippen LogP contribution in [0.25, 0.3) is 33.1 Å². The molecule has 2 aromatic heterocycles. The number of benzene rings is 4. The molecule has 3 aliphatic rings. The first-order chi connectivity index (χ1) is 31.4. The fourth-order valence-corrected chi connectivity index (χ4v) is 9.20. The smallest absolute Gasteiger partial charge is 0.329 e. The number of piperidine rings is 1. The topological polar surface area (TPSA) is 176 Å². The molecule has 0 saturated carbocycles. The van der Waals surface area contributed by atoms with Crippen molar-refractivity contribution in [2.75, 3.05) is 61.4 Å². The molecular formula is C48H47FN10O6. The maximum absolute atomic E-state index is 17.0. The number of rotatable bonds is 9. The molecule has 4 aromatic carbocycles. The van der Waals surface area contributed by atoms with Crippen molar-refractivity contribution in [1.29, 1.82) is 0 Å². The third-order valence-corrected chi connectivity index (χ3v) is 12.6. The highest BCUT2D eigenvalue weighted by molar-refractivity contribution is 6.12. The number of anilines is 3. The Labute approximate surface area is 372 Å². The largest absolute Gasteiger partial charge is 0.367 e. The molecule has 3 aliphatic heterocycles. The Kier molecular flexibility index (Phi) is 11.5. The number of amides is 5. The van der Waals surface area contributed by atoms with Crippen LogP contribution < -0.4 is 31.4 Å². The normalized spacial score (nSPS) is 16.8. The summed E-state index contributed by atoms with van der Waals surface area (Å²) in [5, 5.41) is 12.1. The number of piperazine rings is 1. The van der Waals surface area contributed by atoms with Gasteiger partial charge in [0.2, 0.25) is 17.7 Å². The van der Waals surface area contributed by atoms with Crippen LogP contribution in [-0.4, -0.2) is 99.7 Å². The molecule has 1 atom stereocenters. The van der Waals surface area contributed by atoms with E-state index in [-0.39, 0.29) is 52.9 Å². The molecule has 5 amide bonds. The van der Waals surface area contributed by atoms with Crippen LogP contribution in [-0.2, 0) is 28.5 Å². The van der Waals surface area contributed by atoms with E-state index in [0.29, 0.717) is 78.1 Å². The Balaban J connectivity index is 0.942. The molecule has 5 heterocycles. The average Bonchev–Trinajstić information content (AvgIpc) is 3.98. The predicted octanol–water partition coefficient (Wildman–Crippen LogP) is 4.31. The van der Waals surface area contributed by atoms with Gasteiger partial charge in [-0.25, -0.2) is 9.18 Å². The highest BCUT2D eigenvalue weighted by Crippen LogP contribution is 2.36. The number of para-hydroxylation sites is 1. The monoisotopic (exact) mass is 878 g/mol. The molecule has 9 rings (SSSR count). The molecule has 0 bridgehead atoms. The van der Waals surface area contributed by atoms with Gasteiger partial charge in [-0.3, -0.25) is 48.0 Å². The standard InChI is InChI=1S/C48H47FN10O6/c1-50-45(62)30-10-6-11-31(27-30)51-47(64)43-41-35(55(3)53-43)18-17-34(42(41)49)33-16-15-32(58-22-8-14-40(58)61)28-29(33)9-4-5-21-56-23-25-57(26-24-56)36-12-7-13-37-44(36)54(2)48(65)59(37)38-19-20-39(60)52-46(38)63/h6-7,10-13,15-18,27-28,38H,5,8,14,19-26H2,1-3H3,(H,50,62)(H,51,64)(H,52,60,63). The molecule has 0 radical (unpaired) electrons. The molecule has 3 fully saturated rings. The van der Waals surface area contributed by atoms with Crippen LogP contribution in [0.5, 0.6) is 0 Å². The predicted molar refractivity (Wildman–Crippen MR) is 244 cm³/mol. The number of aromatic nitrogens is 4. The van der Waals surface area contributed by atoms with Crippen LogP contribution >= 0.6 is 0 Å². The highest BCUT2D eigenvalue weighted by Gasteiger charge is 2.33. The van der Waals surface area contributed by atoms with Crippen molar-refractivity contribution in [3.8, 4) is 23.0 Å². The SMILES string of the molecule is CNC(=O)c1cccc(NC(=O)c2nn(C)c3ccc(-c4ccc(N5CCCC5=O)cc4C#CCCN4CCN(c5cccc6c5n(C)c(=O)n6C5CCC(=O)NC5=O)CC4)c(F)c23)c1. The quantitative estimate of drug-likeness (QED) is 0.141. The summed E-state index contributed by atoms with van der Waals surface area (Å²) in [5.74, 6) is 4.21. The molecule has 65 heavy (non-hydrogen) atoms. The number of hydrogen-bond donors (Lipinski definition) is 3. The number of carbonyl (C=O) groups excluding carboxylic acids is 5. The maximum Gasteiger partial charge on any atom is 0.329 e. The highest BCUT2D eigenvalue weighted by atomic mass is 19.1. The lowest BCUT2D eigenvalue weighted by molar-refractivity contribution is -0.135. The lowest BCUT2D eigenvalue weighted by Gasteiger charge is -2.36. The van der Waals surface area contributed by atoms with Crippen molar-refractivity contribution in [2.45, 2.75) is 38.1 Å². The summed E-state index contributed by atoms with van der Waals surface area (Å²) in [5.41, 5.74) is 4.90. The minimum Gasteiger partial charge on any atom is -0.367 e. The van der Waals surface area contributed by atoms with Crippen LogP contribution in [0.1, 0.15) is 64.6 Å². The Hall–Kier alpha value is -7.58. The van der Waals surface area contributed by atoms with Gasteiger partial charge >= 0.3 is 5.69 Å². The Morgan fingerprint density at radius 3 is 2.42 bits per heavy atom. The van der Waals surface area contributed by atoms with Gasteiger partial charge in [0, 0.05) is 113 Å². The molecule has 16 nitrogen and oxygen atoms in total. The third-order valence-electron chi connectivity index (χ3n) is 12.6. The van der Waals surface area contributed by atoms with Crippen molar-refractivity contribution in [3.05, 3.63) is 106 Å². The Morgan fingerprint density at radius 1 is 0.877 bits per heavy atom. The van der Waals surface area contributed by atoms with Crippen molar-refractivity contribution in [3.63, 3.8) is 0 Å². The van der Waals surface area contributed by atoms with Gasteiger partial charge in [-0.05, 0) is 67.4 Å². The van der Waals surface area contributed by atoms with Crippen molar-refractivity contribution < 1.29 is 28.4 Å². The van der Waals surface area contributed by atoms with E-state index in [1.807, 2.05) is 24.3 Å². The number of hydrogen-bond acceptors (Lipinski definition) is 9. The second kappa shape index (κ2) is 17.5. The average molecular weight is 879 g/mol. The van der Waals surface area contributed by atoms with E-state index in [4.69, 9.17) is 0 Å². The van der Waals surface area contributed by atoms with Crippen molar-refractivity contribution in [2.24, 2.45) is 14.1 Å². The summed E-state index contributed by atoms with van der Waals surface area (Å²) >= 11 is 0. The maximum atomic E-state index is 17.0. The van der Waals surface area contributed by atoms with Crippen molar-refractivity contribution in [1.82, 2.24) is 34.4 Å². The van der Waals surface area contributed by atoms with Gasteiger partial charge in [0.05, 0.1) is 27.6 Å². The van der Waals surface area contributed by atoms with Crippen LogP contribution in [0.4, 0.5) is 21.5 Å². The van der Waals surface area contributed by atoms with Crippen molar-refractivity contribution >= 4 is 68.5 Å². The summed E-state index contributed by atoms with van der Waals surface area (Å²) < 4.78 is 21.5. The Bertz CT molecular complexity index is 3080. The number of fused-ring (bicyclic) bond motifs is 2. The molecular weight excluding hydrogens is 832 g/mol. The lowest BCUT2D eigenvalue weighted by Crippen LogP contribution is -2.46. The zero-order valence-corrected chi connectivity index (χ0v) is 36.2. The van der Waals surface area contributed by atoms with E-state index in [0.717, 1.165) is 30.7 Å². The van der Waals surface area contributed by atoms with Crippen LogP contribution in [0.3, 0.4) is 0 Å². The molecule has 3 N–H and O–H groups in total. The number of imidazole rings is 1. The fraction of sp³-hybridized carbons (Fsp3) is 0.312. The molecule has 0 spiro atoms. The van der Waals surface area contributed by atoms with Gasteiger partial charge in [-0.1, -0.05) is 30.0 Å². The molecule has 6 aromatic rings. The first kappa shape index (κ1) is 42.7. The summed E-state index contributed by atoms with van der Waals surface area (Å²) in [6, 6.07) is 20.1. The Morgan fingerprint density at radius 2 is 1.66 bits per heavy atom. The van der Waals surface area contributed by atoms with Gasteiger partial charge in [0.15, 0.2) is 5.69 Å². The van der Waals surface area contributed by atoms with Crippen LogP contribution in [0, 0.1) is 17.7 Å². The fourth-order valence-electron chi connectivity index (χ4n) is 9.20. The summed E-state index contributed by atoms with van der Waals surface area (Å²) in [6.07, 6.45) is 2.14. The van der Waals surface area contributed by atoms with Gasteiger partial charge in [0.1, 0.15) is 11.9 Å². The molecule has 332 valence electrons. The van der Waals surface area contributed by atoms with E-state index in [1.54, 1.807) is 66.0 Å². The summed E-state index contributed by atoms with van der Waals surface area (Å²) in [4.78, 5) is 83.1.